The minimum Gasteiger partial charge on any atom is -0.350 e. The van der Waals surface area contributed by atoms with Gasteiger partial charge in [0, 0.05) is 48.6 Å². The van der Waals surface area contributed by atoms with Gasteiger partial charge in [-0.3, -0.25) is 14.3 Å². The summed E-state index contributed by atoms with van der Waals surface area (Å²) in [5.74, 6) is 0.393. The van der Waals surface area contributed by atoms with Crippen molar-refractivity contribution in [2.24, 2.45) is 5.73 Å². The van der Waals surface area contributed by atoms with E-state index in [1.54, 1.807) is 24.7 Å². The molecule has 174 valence electrons. The van der Waals surface area contributed by atoms with Crippen LogP contribution in [-0.2, 0) is 0 Å². The van der Waals surface area contributed by atoms with Gasteiger partial charge >= 0.3 is 0 Å². The SMILES string of the molecule is N[C@H]1CCCN(C2(CNC(=O)c3cn(-c4ncccn4)c4cccc(Cl)c34)CCCCC2)C1. The van der Waals surface area contributed by atoms with Crippen LogP contribution in [0.2, 0.25) is 5.02 Å². The summed E-state index contributed by atoms with van der Waals surface area (Å²) in [7, 11) is 0. The molecule has 1 aliphatic heterocycles. The maximum Gasteiger partial charge on any atom is 0.253 e. The molecule has 0 unspecified atom stereocenters. The van der Waals surface area contributed by atoms with Gasteiger partial charge in [0.25, 0.3) is 5.91 Å². The van der Waals surface area contributed by atoms with Crippen LogP contribution >= 0.6 is 11.6 Å². The Hall–Kier alpha value is -2.48. The molecule has 2 fully saturated rings. The van der Waals surface area contributed by atoms with Gasteiger partial charge in [-0.15, -0.1) is 0 Å². The molecule has 1 amide bonds. The molecular formula is C25H31ClN6O. The first-order valence-electron chi connectivity index (χ1n) is 11.9. The van der Waals surface area contributed by atoms with E-state index in [9.17, 15) is 4.79 Å². The quantitative estimate of drug-likeness (QED) is 0.594. The van der Waals surface area contributed by atoms with E-state index in [4.69, 9.17) is 17.3 Å². The first-order chi connectivity index (χ1) is 16.1. The molecule has 0 bridgehead atoms. The second-order valence-electron chi connectivity index (χ2n) is 9.41. The van der Waals surface area contributed by atoms with Gasteiger partial charge in [0.1, 0.15) is 0 Å². The van der Waals surface area contributed by atoms with E-state index in [1.807, 2.05) is 22.8 Å². The summed E-state index contributed by atoms with van der Waals surface area (Å²) in [6.07, 6.45) is 13.2. The largest absolute Gasteiger partial charge is 0.350 e. The lowest BCUT2D eigenvalue weighted by Crippen LogP contribution is -2.61. The zero-order valence-electron chi connectivity index (χ0n) is 18.8. The van der Waals surface area contributed by atoms with E-state index in [-0.39, 0.29) is 17.5 Å². The zero-order valence-corrected chi connectivity index (χ0v) is 19.6. The van der Waals surface area contributed by atoms with Crippen molar-refractivity contribution in [1.29, 1.82) is 0 Å². The molecule has 0 radical (unpaired) electrons. The van der Waals surface area contributed by atoms with Crippen LogP contribution in [0, 0.1) is 0 Å². The Morgan fingerprint density at radius 2 is 1.94 bits per heavy atom. The number of aromatic nitrogens is 3. The monoisotopic (exact) mass is 466 g/mol. The van der Waals surface area contributed by atoms with Crippen LogP contribution < -0.4 is 11.1 Å². The number of hydrogen-bond donors (Lipinski definition) is 2. The number of benzene rings is 1. The fourth-order valence-corrected chi connectivity index (χ4v) is 5.86. The molecule has 3 heterocycles. The molecule has 3 aromatic rings. The van der Waals surface area contributed by atoms with Crippen molar-refractivity contribution in [2.75, 3.05) is 19.6 Å². The molecule has 1 atom stereocenters. The van der Waals surface area contributed by atoms with Crippen molar-refractivity contribution in [3.63, 3.8) is 0 Å². The number of rotatable bonds is 5. The van der Waals surface area contributed by atoms with Crippen LogP contribution in [0.25, 0.3) is 16.9 Å². The van der Waals surface area contributed by atoms with Crippen molar-refractivity contribution < 1.29 is 4.79 Å². The first kappa shape index (κ1) is 22.3. The van der Waals surface area contributed by atoms with Gasteiger partial charge in [-0.05, 0) is 50.4 Å². The second-order valence-corrected chi connectivity index (χ2v) is 9.82. The normalized spacial score (nSPS) is 21.2. The standard InChI is InChI=1S/C25H31ClN6O/c26-20-8-4-9-21-22(20)19(16-32(21)24-28-12-6-13-29-24)23(33)30-17-25(10-2-1-3-11-25)31-14-5-7-18(27)15-31/h4,6,8-9,12-13,16,18H,1-3,5,7,10-11,14-15,17,27H2,(H,30,33)/t18-/m0/s1. The highest BCUT2D eigenvalue weighted by Crippen LogP contribution is 2.35. The van der Waals surface area contributed by atoms with Crippen LogP contribution in [0.4, 0.5) is 0 Å². The minimum atomic E-state index is -0.117. The van der Waals surface area contributed by atoms with Gasteiger partial charge in [0.15, 0.2) is 0 Å². The Morgan fingerprint density at radius 3 is 2.70 bits per heavy atom. The smallest absolute Gasteiger partial charge is 0.253 e. The fraction of sp³-hybridized carbons (Fsp3) is 0.480. The Kier molecular flexibility index (Phi) is 6.36. The second kappa shape index (κ2) is 9.41. The molecule has 1 saturated carbocycles. The molecule has 2 aromatic heterocycles. The number of fused-ring (bicyclic) bond motifs is 1. The molecule has 1 saturated heterocycles. The highest BCUT2D eigenvalue weighted by atomic mass is 35.5. The van der Waals surface area contributed by atoms with Crippen LogP contribution in [-0.4, -0.2) is 56.6 Å². The summed E-state index contributed by atoms with van der Waals surface area (Å²) in [4.78, 5) is 24.8. The van der Waals surface area contributed by atoms with Crippen molar-refractivity contribution in [1.82, 2.24) is 24.8 Å². The Balaban J connectivity index is 1.44. The molecule has 8 heteroatoms. The third-order valence-corrected chi connectivity index (χ3v) is 7.60. The van der Waals surface area contributed by atoms with E-state index in [0.717, 1.165) is 49.7 Å². The summed E-state index contributed by atoms with van der Waals surface area (Å²) in [6, 6.07) is 7.62. The van der Waals surface area contributed by atoms with Crippen LogP contribution in [0.5, 0.6) is 0 Å². The maximum absolute atomic E-state index is 13.5. The topological polar surface area (TPSA) is 89.1 Å². The molecule has 7 nitrogen and oxygen atoms in total. The number of carbonyl (C=O) groups excluding carboxylic acids is 1. The summed E-state index contributed by atoms with van der Waals surface area (Å²) in [5, 5.41) is 4.54. The number of piperidine rings is 1. The highest BCUT2D eigenvalue weighted by Gasteiger charge is 2.40. The number of nitrogens with zero attached hydrogens (tertiary/aromatic N) is 4. The number of nitrogens with two attached hydrogens (primary N) is 1. The van der Waals surface area contributed by atoms with E-state index in [1.165, 1.54) is 19.3 Å². The summed E-state index contributed by atoms with van der Waals surface area (Å²) >= 11 is 6.56. The average molecular weight is 467 g/mol. The summed E-state index contributed by atoms with van der Waals surface area (Å²) in [5.41, 5.74) is 7.66. The predicted octanol–water partition coefficient (Wildman–Crippen LogP) is 3.93. The van der Waals surface area contributed by atoms with Crippen LogP contribution in [0.15, 0.2) is 42.9 Å². The lowest BCUT2D eigenvalue weighted by molar-refractivity contribution is 0.0269. The van der Waals surface area contributed by atoms with E-state index in [0.29, 0.717) is 23.1 Å². The maximum atomic E-state index is 13.5. The number of halogens is 1. The lowest BCUT2D eigenvalue weighted by atomic mass is 9.78. The molecule has 1 aromatic carbocycles. The van der Waals surface area contributed by atoms with Crippen LogP contribution in [0.3, 0.4) is 0 Å². The van der Waals surface area contributed by atoms with Gasteiger partial charge in [-0.25, -0.2) is 9.97 Å². The highest BCUT2D eigenvalue weighted by molar-refractivity contribution is 6.37. The summed E-state index contributed by atoms with van der Waals surface area (Å²) in [6.45, 7) is 2.59. The molecule has 2 aliphatic rings. The number of carbonyl (C=O) groups is 1. The van der Waals surface area contributed by atoms with E-state index < -0.39 is 0 Å². The number of amides is 1. The van der Waals surface area contributed by atoms with Gasteiger partial charge in [-0.2, -0.15) is 0 Å². The first-order valence-corrected chi connectivity index (χ1v) is 12.3. The minimum absolute atomic E-state index is 0.0172. The van der Waals surface area contributed by atoms with Crippen LogP contribution in [0.1, 0.15) is 55.3 Å². The van der Waals surface area contributed by atoms with Crippen molar-refractivity contribution in [3.8, 4) is 5.95 Å². The fourth-order valence-electron chi connectivity index (χ4n) is 5.59. The van der Waals surface area contributed by atoms with E-state index >= 15 is 0 Å². The zero-order chi connectivity index (χ0) is 22.8. The molecule has 3 N–H and O–H groups in total. The number of nitrogens with one attached hydrogen (secondary N) is 1. The van der Waals surface area contributed by atoms with E-state index in [2.05, 4.69) is 20.2 Å². The third kappa shape index (κ3) is 4.37. The van der Waals surface area contributed by atoms with Crippen molar-refractivity contribution in [2.45, 2.75) is 56.5 Å². The van der Waals surface area contributed by atoms with Crippen molar-refractivity contribution in [3.05, 3.63) is 53.4 Å². The molecule has 1 aliphatic carbocycles. The summed E-state index contributed by atoms with van der Waals surface area (Å²) < 4.78 is 1.83. The Labute approximate surface area is 199 Å². The van der Waals surface area contributed by atoms with Gasteiger partial charge in [-0.1, -0.05) is 36.9 Å². The van der Waals surface area contributed by atoms with Gasteiger partial charge < -0.3 is 11.1 Å². The van der Waals surface area contributed by atoms with Gasteiger partial charge in [0.05, 0.1) is 16.1 Å². The number of hydrogen-bond acceptors (Lipinski definition) is 5. The third-order valence-electron chi connectivity index (χ3n) is 7.28. The molecular weight excluding hydrogens is 436 g/mol. The Morgan fingerprint density at radius 1 is 1.15 bits per heavy atom. The molecule has 5 rings (SSSR count). The average Bonchev–Trinajstić information content (AvgIpc) is 3.25. The molecule has 0 spiro atoms. The molecule has 33 heavy (non-hydrogen) atoms. The van der Waals surface area contributed by atoms with Crippen molar-refractivity contribution >= 4 is 28.4 Å². The predicted molar refractivity (Wildman–Crippen MR) is 131 cm³/mol. The lowest BCUT2D eigenvalue weighted by Gasteiger charge is -2.49. The van der Waals surface area contributed by atoms with Gasteiger partial charge in [0.2, 0.25) is 5.95 Å². The Bertz CT molecular complexity index is 1120. The number of likely N-dealkylation sites (tertiary alicyclic amines) is 1.